The number of likely N-dealkylation sites (N-methyl/N-ethyl adjacent to an activating group) is 1. The fraction of sp³-hybridized carbons (Fsp3) is 0.333. The molecule has 9 nitrogen and oxygen atoms in total. The van der Waals surface area contributed by atoms with Crippen LogP contribution in [0.5, 0.6) is 0 Å². The summed E-state index contributed by atoms with van der Waals surface area (Å²) in [5, 5.41) is 14.2. The molecule has 0 bridgehead atoms. The predicted octanol–water partition coefficient (Wildman–Crippen LogP) is 3.84. The van der Waals surface area contributed by atoms with Crippen LogP contribution in [0.4, 0.5) is 11.5 Å². The molecular weight excluding hydrogens is 452 g/mol. The lowest BCUT2D eigenvalue weighted by molar-refractivity contribution is 0.102. The first-order valence-corrected chi connectivity index (χ1v) is 12.4. The first-order valence-electron chi connectivity index (χ1n) is 12.4. The van der Waals surface area contributed by atoms with Crippen molar-refractivity contribution in [3.8, 4) is 11.1 Å². The SMILES string of the molecule is CN(C)CCNc1ccc(NC(=O)c2n[nH]c3ccc(-c4cncc(CN5CCCC5)c4)cc23)cn1. The van der Waals surface area contributed by atoms with Gasteiger partial charge in [-0.25, -0.2) is 4.98 Å². The van der Waals surface area contributed by atoms with Gasteiger partial charge in [-0.2, -0.15) is 5.10 Å². The van der Waals surface area contributed by atoms with Crippen molar-refractivity contribution >= 4 is 28.3 Å². The summed E-state index contributed by atoms with van der Waals surface area (Å²) in [6, 6.07) is 11.9. The number of rotatable bonds is 9. The maximum Gasteiger partial charge on any atom is 0.276 e. The average Bonchev–Trinajstić information content (AvgIpc) is 3.54. The molecule has 1 aliphatic rings. The van der Waals surface area contributed by atoms with E-state index in [2.05, 4.69) is 46.7 Å². The Labute approximate surface area is 210 Å². The molecule has 1 fully saturated rings. The fourth-order valence-electron chi connectivity index (χ4n) is 4.47. The molecule has 0 atom stereocenters. The summed E-state index contributed by atoms with van der Waals surface area (Å²) in [5.41, 5.74) is 5.01. The van der Waals surface area contributed by atoms with Gasteiger partial charge in [0.05, 0.1) is 17.4 Å². The molecule has 4 aromatic rings. The largest absolute Gasteiger partial charge is 0.369 e. The maximum atomic E-state index is 13.1. The van der Waals surface area contributed by atoms with E-state index in [0.29, 0.717) is 11.4 Å². The number of carbonyl (C=O) groups is 1. The number of aromatic nitrogens is 4. The van der Waals surface area contributed by atoms with Gasteiger partial charge in [-0.15, -0.1) is 0 Å². The van der Waals surface area contributed by atoms with Crippen LogP contribution in [-0.4, -0.2) is 76.1 Å². The van der Waals surface area contributed by atoms with Crippen LogP contribution < -0.4 is 10.6 Å². The molecule has 5 rings (SSSR count). The normalized spacial score (nSPS) is 14.0. The van der Waals surface area contributed by atoms with Gasteiger partial charge in [0.2, 0.25) is 0 Å². The molecule has 3 aromatic heterocycles. The van der Waals surface area contributed by atoms with E-state index in [4.69, 9.17) is 0 Å². The van der Waals surface area contributed by atoms with Gasteiger partial charge in [0, 0.05) is 43.0 Å². The molecule has 36 heavy (non-hydrogen) atoms. The molecule has 1 aromatic carbocycles. The number of hydrogen-bond acceptors (Lipinski definition) is 7. The van der Waals surface area contributed by atoms with E-state index in [0.717, 1.165) is 60.6 Å². The highest BCUT2D eigenvalue weighted by molar-refractivity contribution is 6.11. The second kappa shape index (κ2) is 10.8. The van der Waals surface area contributed by atoms with Crippen LogP contribution in [0, 0.1) is 0 Å². The average molecular weight is 485 g/mol. The lowest BCUT2D eigenvalue weighted by Crippen LogP contribution is -2.21. The molecule has 0 aliphatic carbocycles. The minimum Gasteiger partial charge on any atom is -0.369 e. The number of H-pyrrole nitrogens is 1. The van der Waals surface area contributed by atoms with Crippen LogP contribution >= 0.6 is 0 Å². The Morgan fingerprint density at radius 1 is 1.06 bits per heavy atom. The Morgan fingerprint density at radius 2 is 1.92 bits per heavy atom. The number of aromatic amines is 1. The first kappa shape index (κ1) is 23.9. The quantitative estimate of drug-likeness (QED) is 0.332. The van der Waals surface area contributed by atoms with Crippen LogP contribution in [-0.2, 0) is 6.54 Å². The van der Waals surface area contributed by atoms with E-state index in [-0.39, 0.29) is 5.91 Å². The lowest BCUT2D eigenvalue weighted by Gasteiger charge is -2.14. The van der Waals surface area contributed by atoms with E-state index < -0.39 is 0 Å². The highest BCUT2D eigenvalue weighted by Gasteiger charge is 2.16. The summed E-state index contributed by atoms with van der Waals surface area (Å²) >= 11 is 0. The minimum atomic E-state index is -0.283. The summed E-state index contributed by atoms with van der Waals surface area (Å²) < 4.78 is 0. The fourth-order valence-corrected chi connectivity index (χ4v) is 4.47. The summed E-state index contributed by atoms with van der Waals surface area (Å²) in [5.74, 6) is 0.486. The number of nitrogens with one attached hydrogen (secondary N) is 3. The van der Waals surface area contributed by atoms with Gasteiger partial charge in [-0.05, 0) is 81.5 Å². The van der Waals surface area contributed by atoms with Crippen LogP contribution in [0.15, 0.2) is 55.0 Å². The maximum absolute atomic E-state index is 13.1. The second-order valence-corrected chi connectivity index (χ2v) is 9.51. The zero-order chi connectivity index (χ0) is 24.9. The third-order valence-electron chi connectivity index (χ3n) is 6.40. The Bertz CT molecular complexity index is 1330. The van der Waals surface area contributed by atoms with Gasteiger partial charge in [0.25, 0.3) is 5.91 Å². The number of benzene rings is 1. The summed E-state index contributed by atoms with van der Waals surface area (Å²) in [7, 11) is 4.05. The third kappa shape index (κ3) is 5.69. The van der Waals surface area contributed by atoms with Crippen molar-refractivity contribution in [3.05, 3.63) is 66.2 Å². The molecule has 9 heteroatoms. The molecule has 0 saturated carbocycles. The number of nitrogens with zero attached hydrogens (tertiary/aromatic N) is 5. The number of carbonyl (C=O) groups excluding carboxylic acids is 1. The van der Waals surface area contributed by atoms with Crippen molar-refractivity contribution in [2.24, 2.45) is 0 Å². The van der Waals surface area contributed by atoms with Crippen molar-refractivity contribution in [3.63, 3.8) is 0 Å². The molecule has 1 saturated heterocycles. The summed E-state index contributed by atoms with van der Waals surface area (Å²) in [6.07, 6.45) is 7.99. The van der Waals surface area contributed by atoms with Crippen molar-refractivity contribution in [1.82, 2.24) is 30.0 Å². The number of pyridine rings is 2. The van der Waals surface area contributed by atoms with Gasteiger partial charge in [-0.1, -0.05) is 6.07 Å². The number of amides is 1. The van der Waals surface area contributed by atoms with Gasteiger partial charge in [0.1, 0.15) is 5.82 Å². The van der Waals surface area contributed by atoms with E-state index in [1.807, 2.05) is 56.8 Å². The summed E-state index contributed by atoms with van der Waals surface area (Å²) in [6.45, 7) is 4.92. The van der Waals surface area contributed by atoms with E-state index in [9.17, 15) is 4.79 Å². The van der Waals surface area contributed by atoms with Crippen molar-refractivity contribution < 1.29 is 4.79 Å². The Hall–Kier alpha value is -3.82. The van der Waals surface area contributed by atoms with E-state index in [1.54, 1.807) is 6.20 Å². The molecule has 3 N–H and O–H groups in total. The zero-order valence-corrected chi connectivity index (χ0v) is 20.8. The number of hydrogen-bond donors (Lipinski definition) is 3. The molecule has 0 spiro atoms. The Kier molecular flexibility index (Phi) is 7.20. The van der Waals surface area contributed by atoms with Gasteiger partial charge in [0.15, 0.2) is 5.69 Å². The molecular formula is C27H32N8O. The van der Waals surface area contributed by atoms with Crippen LogP contribution in [0.3, 0.4) is 0 Å². The first-order chi connectivity index (χ1) is 17.5. The van der Waals surface area contributed by atoms with Crippen molar-refractivity contribution in [2.45, 2.75) is 19.4 Å². The monoisotopic (exact) mass is 484 g/mol. The van der Waals surface area contributed by atoms with Gasteiger partial charge in [-0.3, -0.25) is 19.8 Å². The molecule has 0 radical (unpaired) electrons. The molecule has 4 heterocycles. The predicted molar refractivity (Wildman–Crippen MR) is 143 cm³/mol. The number of fused-ring (bicyclic) bond motifs is 1. The standard InChI is InChI=1S/C27H32N8O/c1-34(2)12-9-29-25-8-6-22(17-30-25)31-27(36)26-23-14-20(5-7-24(23)32-33-26)21-13-19(15-28-16-21)18-35-10-3-4-11-35/h5-8,13-17H,3-4,9-12,18H2,1-2H3,(H,29,30)(H,31,36)(H,32,33). The smallest absolute Gasteiger partial charge is 0.276 e. The summed E-state index contributed by atoms with van der Waals surface area (Å²) in [4.78, 5) is 26.5. The minimum absolute atomic E-state index is 0.283. The lowest BCUT2D eigenvalue weighted by atomic mass is 10.0. The van der Waals surface area contributed by atoms with Gasteiger partial charge < -0.3 is 15.5 Å². The molecule has 186 valence electrons. The zero-order valence-electron chi connectivity index (χ0n) is 20.8. The van der Waals surface area contributed by atoms with Crippen LogP contribution in [0.2, 0.25) is 0 Å². The molecule has 0 unspecified atom stereocenters. The third-order valence-corrected chi connectivity index (χ3v) is 6.40. The Morgan fingerprint density at radius 3 is 2.69 bits per heavy atom. The van der Waals surface area contributed by atoms with Crippen LogP contribution in [0.1, 0.15) is 28.9 Å². The highest BCUT2D eigenvalue weighted by Crippen LogP contribution is 2.27. The second-order valence-electron chi connectivity index (χ2n) is 9.51. The molecule has 1 amide bonds. The van der Waals surface area contributed by atoms with Crippen molar-refractivity contribution in [1.29, 1.82) is 0 Å². The highest BCUT2D eigenvalue weighted by atomic mass is 16.1. The van der Waals surface area contributed by atoms with Crippen molar-refractivity contribution in [2.75, 3.05) is 50.9 Å². The van der Waals surface area contributed by atoms with Gasteiger partial charge >= 0.3 is 0 Å². The topological polar surface area (TPSA) is 102 Å². The van der Waals surface area contributed by atoms with Crippen LogP contribution in [0.25, 0.3) is 22.0 Å². The van der Waals surface area contributed by atoms with E-state index in [1.165, 1.54) is 18.4 Å². The number of anilines is 2. The molecule has 1 aliphatic heterocycles. The number of likely N-dealkylation sites (tertiary alicyclic amines) is 1. The Balaban J connectivity index is 1.30. The van der Waals surface area contributed by atoms with E-state index >= 15 is 0 Å².